The first-order chi connectivity index (χ1) is 15.0. The van der Waals surface area contributed by atoms with Crippen molar-refractivity contribution in [1.82, 2.24) is 19.5 Å². The van der Waals surface area contributed by atoms with E-state index >= 15 is 0 Å². The summed E-state index contributed by atoms with van der Waals surface area (Å²) in [6, 6.07) is 1.78. The smallest absolute Gasteiger partial charge is 0.223 e. The van der Waals surface area contributed by atoms with Crippen LogP contribution in [0.4, 0.5) is 5.95 Å². The highest BCUT2D eigenvalue weighted by Gasteiger charge is 2.20. The van der Waals surface area contributed by atoms with Crippen LogP contribution in [0.3, 0.4) is 0 Å². The Balaban J connectivity index is 1.81. The maximum atomic E-state index is 13.2. The van der Waals surface area contributed by atoms with Crippen molar-refractivity contribution >= 4 is 28.6 Å². The molecular formula is C21H24ClN5O4. The fourth-order valence-electron chi connectivity index (χ4n) is 3.88. The van der Waals surface area contributed by atoms with Gasteiger partial charge in [0.15, 0.2) is 22.6 Å². The van der Waals surface area contributed by atoms with E-state index in [1.54, 1.807) is 26.5 Å². The predicted octanol–water partition coefficient (Wildman–Crippen LogP) is 2.46. The third-order valence-electron chi connectivity index (χ3n) is 5.48. The Kier molecular flexibility index (Phi) is 6.24. The lowest BCUT2D eigenvalue weighted by atomic mass is 9.92. The minimum Gasteiger partial charge on any atom is -0.493 e. The predicted molar refractivity (Wildman–Crippen MR) is 117 cm³/mol. The molecule has 3 aromatic rings. The van der Waals surface area contributed by atoms with Gasteiger partial charge in [0.05, 0.1) is 32.7 Å². The molecule has 0 bridgehead atoms. The minimum absolute atomic E-state index is 0.00287. The zero-order chi connectivity index (χ0) is 22.0. The summed E-state index contributed by atoms with van der Waals surface area (Å²) in [4.78, 5) is 26.0. The lowest BCUT2D eigenvalue weighted by molar-refractivity contribution is 0.0664. The van der Waals surface area contributed by atoms with Crippen molar-refractivity contribution < 1.29 is 14.2 Å². The van der Waals surface area contributed by atoms with E-state index < -0.39 is 0 Å². The van der Waals surface area contributed by atoms with Gasteiger partial charge >= 0.3 is 0 Å². The number of aromatic nitrogens is 4. The van der Waals surface area contributed by atoms with Gasteiger partial charge in [0.1, 0.15) is 10.5 Å². The topological polar surface area (TPSA) is 114 Å². The molecule has 3 aromatic heterocycles. The third kappa shape index (κ3) is 4.42. The van der Waals surface area contributed by atoms with Crippen LogP contribution in [0.5, 0.6) is 11.5 Å². The summed E-state index contributed by atoms with van der Waals surface area (Å²) in [5, 5.41) is 0.316. The van der Waals surface area contributed by atoms with Crippen LogP contribution in [0.2, 0.25) is 5.15 Å². The zero-order valence-electron chi connectivity index (χ0n) is 17.4. The monoisotopic (exact) mass is 445 g/mol. The molecule has 0 saturated carbocycles. The Morgan fingerprint density at radius 2 is 1.97 bits per heavy atom. The average Bonchev–Trinajstić information content (AvgIpc) is 2.77. The van der Waals surface area contributed by atoms with Gasteiger partial charge in [-0.05, 0) is 25.2 Å². The van der Waals surface area contributed by atoms with E-state index in [2.05, 4.69) is 15.0 Å². The van der Waals surface area contributed by atoms with E-state index in [4.69, 9.17) is 31.5 Å². The first kappa shape index (κ1) is 21.3. The van der Waals surface area contributed by atoms with Gasteiger partial charge in [0.2, 0.25) is 5.95 Å². The van der Waals surface area contributed by atoms with Gasteiger partial charge in [-0.3, -0.25) is 9.78 Å². The van der Waals surface area contributed by atoms with Gasteiger partial charge in [-0.25, -0.2) is 4.98 Å². The minimum atomic E-state index is -0.164. The van der Waals surface area contributed by atoms with Crippen molar-refractivity contribution in [2.75, 3.05) is 33.2 Å². The van der Waals surface area contributed by atoms with E-state index in [1.807, 2.05) is 10.8 Å². The van der Waals surface area contributed by atoms with E-state index in [0.29, 0.717) is 60.5 Å². The second-order valence-electron chi connectivity index (χ2n) is 7.47. The van der Waals surface area contributed by atoms with Crippen LogP contribution in [0.1, 0.15) is 24.1 Å². The number of hydrogen-bond donors (Lipinski definition) is 1. The average molecular weight is 446 g/mol. The zero-order valence-corrected chi connectivity index (χ0v) is 18.2. The van der Waals surface area contributed by atoms with Crippen LogP contribution >= 0.6 is 11.6 Å². The fraction of sp³-hybridized carbons (Fsp3) is 0.429. The Morgan fingerprint density at radius 1 is 1.23 bits per heavy atom. The number of pyridine rings is 2. The normalized spacial score (nSPS) is 14.7. The quantitative estimate of drug-likeness (QED) is 0.575. The Labute approximate surface area is 184 Å². The molecule has 10 heteroatoms. The molecule has 0 aliphatic carbocycles. The standard InChI is InChI=1S/C21H24ClN5O4/c1-29-15-8-14(24-9-16(15)30-2)11-27-10-13(7-12-3-5-31-6-4-12)18(28)17-19(22)25-21(23)26-20(17)27/h8-10,12H,3-7,11H2,1-2H3,(H2,23,25,26). The van der Waals surface area contributed by atoms with Gasteiger partial charge in [0, 0.05) is 31.0 Å². The van der Waals surface area contributed by atoms with Crippen molar-refractivity contribution in [1.29, 1.82) is 0 Å². The highest BCUT2D eigenvalue weighted by molar-refractivity contribution is 6.34. The molecule has 0 atom stereocenters. The Bertz CT molecular complexity index is 1160. The SMILES string of the molecule is COc1cnc(Cn2cc(CC3CCOCC3)c(=O)c3c(Cl)nc(N)nc32)cc1OC. The Hall–Kier alpha value is -2.91. The molecule has 1 fully saturated rings. The maximum absolute atomic E-state index is 13.2. The van der Waals surface area contributed by atoms with Crippen LogP contribution in [-0.4, -0.2) is 47.0 Å². The second kappa shape index (κ2) is 9.07. The number of ether oxygens (including phenoxy) is 3. The molecule has 2 N–H and O–H groups in total. The molecule has 1 saturated heterocycles. The van der Waals surface area contributed by atoms with Gasteiger partial charge < -0.3 is 24.5 Å². The summed E-state index contributed by atoms with van der Waals surface area (Å²) in [7, 11) is 3.12. The largest absolute Gasteiger partial charge is 0.493 e. The molecule has 1 aliphatic rings. The van der Waals surface area contributed by atoms with Crippen molar-refractivity contribution in [3.63, 3.8) is 0 Å². The lowest BCUT2D eigenvalue weighted by Crippen LogP contribution is -2.23. The van der Waals surface area contributed by atoms with Crippen LogP contribution < -0.4 is 20.6 Å². The summed E-state index contributed by atoms with van der Waals surface area (Å²) < 4.78 is 17.9. The second-order valence-corrected chi connectivity index (χ2v) is 7.83. The van der Waals surface area contributed by atoms with E-state index in [9.17, 15) is 4.79 Å². The van der Waals surface area contributed by atoms with Gasteiger partial charge in [-0.2, -0.15) is 4.98 Å². The lowest BCUT2D eigenvalue weighted by Gasteiger charge is -2.22. The summed E-state index contributed by atoms with van der Waals surface area (Å²) in [6.45, 7) is 1.76. The molecule has 0 radical (unpaired) electrons. The first-order valence-electron chi connectivity index (χ1n) is 9.99. The van der Waals surface area contributed by atoms with Crippen molar-refractivity contribution in [2.45, 2.75) is 25.8 Å². The van der Waals surface area contributed by atoms with Gasteiger partial charge in [-0.15, -0.1) is 0 Å². The highest BCUT2D eigenvalue weighted by atomic mass is 35.5. The molecule has 4 heterocycles. The number of halogens is 1. The van der Waals surface area contributed by atoms with Crippen LogP contribution in [-0.2, 0) is 17.7 Å². The number of rotatable bonds is 6. The molecule has 9 nitrogen and oxygen atoms in total. The molecule has 31 heavy (non-hydrogen) atoms. The molecule has 164 valence electrons. The van der Waals surface area contributed by atoms with Crippen molar-refractivity contribution in [2.24, 2.45) is 5.92 Å². The summed E-state index contributed by atoms with van der Waals surface area (Å²) in [5.41, 5.74) is 7.39. The van der Waals surface area contributed by atoms with E-state index in [-0.39, 0.29) is 21.9 Å². The molecule has 0 amide bonds. The third-order valence-corrected chi connectivity index (χ3v) is 5.75. The number of methoxy groups -OCH3 is 2. The van der Waals surface area contributed by atoms with Crippen LogP contribution in [0.25, 0.3) is 11.0 Å². The number of fused-ring (bicyclic) bond motifs is 1. The number of anilines is 1. The maximum Gasteiger partial charge on any atom is 0.223 e. The van der Waals surface area contributed by atoms with Gasteiger partial charge in [-0.1, -0.05) is 11.6 Å². The van der Waals surface area contributed by atoms with E-state index in [1.165, 1.54) is 0 Å². The van der Waals surface area contributed by atoms with Crippen molar-refractivity contribution in [3.8, 4) is 11.5 Å². The van der Waals surface area contributed by atoms with Crippen LogP contribution in [0.15, 0.2) is 23.3 Å². The highest BCUT2D eigenvalue weighted by Crippen LogP contribution is 2.27. The van der Waals surface area contributed by atoms with Crippen molar-refractivity contribution in [3.05, 3.63) is 45.1 Å². The summed E-state index contributed by atoms with van der Waals surface area (Å²) in [6.07, 6.45) is 5.89. The number of nitrogens with two attached hydrogens (primary N) is 1. The summed E-state index contributed by atoms with van der Waals surface area (Å²) in [5.74, 6) is 1.47. The molecule has 0 unspecified atom stereocenters. The summed E-state index contributed by atoms with van der Waals surface area (Å²) >= 11 is 6.33. The number of nitrogen functional groups attached to an aromatic ring is 1. The molecule has 4 rings (SSSR count). The molecular weight excluding hydrogens is 422 g/mol. The van der Waals surface area contributed by atoms with Crippen LogP contribution in [0, 0.1) is 5.92 Å². The Morgan fingerprint density at radius 3 is 2.68 bits per heavy atom. The molecule has 0 spiro atoms. The van der Waals surface area contributed by atoms with E-state index in [0.717, 1.165) is 12.8 Å². The fourth-order valence-corrected chi connectivity index (χ4v) is 4.13. The van der Waals surface area contributed by atoms with Gasteiger partial charge in [0.25, 0.3) is 0 Å². The number of hydrogen-bond acceptors (Lipinski definition) is 8. The number of nitrogens with zero attached hydrogens (tertiary/aromatic N) is 4. The molecule has 0 aromatic carbocycles. The first-order valence-corrected chi connectivity index (χ1v) is 10.4. The molecule has 1 aliphatic heterocycles.